The summed E-state index contributed by atoms with van der Waals surface area (Å²) in [6.45, 7) is 1.88. The lowest BCUT2D eigenvalue weighted by atomic mass is 9.86. The molecule has 0 aliphatic carbocycles. The Labute approximate surface area is 263 Å². The fourth-order valence-electron chi connectivity index (χ4n) is 7.59. The summed E-state index contributed by atoms with van der Waals surface area (Å²) < 4.78 is 31.2. The third-order valence-electron chi connectivity index (χ3n) is 10.1. The summed E-state index contributed by atoms with van der Waals surface area (Å²) >= 11 is 0. The van der Waals surface area contributed by atoms with Crippen LogP contribution in [-0.4, -0.2) is 63.1 Å². The lowest BCUT2D eigenvalue weighted by Crippen LogP contribution is -2.34. The maximum atomic E-state index is 11.2. The standard InChI is InChI=1S/C37H38N2O6/c1-38-11-9-23-17-32-33-19-25(23)28(38)15-21-5-7-30(40)26(13-21)27-14-22(6-8-31(27)41-3)16-29-35-24(10-12-39(29)2)18-34(42-4)36(37(35)45-33)44-20-43-32/h5-8,13-14,17-19,28-29,40H,9-12,15-16,20H2,1-4H3. The first kappa shape index (κ1) is 28.1. The molecule has 4 heterocycles. The molecule has 0 saturated heterocycles. The third-order valence-corrected chi connectivity index (χ3v) is 10.1. The van der Waals surface area contributed by atoms with Gasteiger partial charge in [0.2, 0.25) is 12.5 Å². The van der Waals surface area contributed by atoms with E-state index in [2.05, 4.69) is 60.3 Å². The topological polar surface area (TPSA) is 72.9 Å². The van der Waals surface area contributed by atoms with Crippen LogP contribution in [0.5, 0.6) is 40.2 Å². The second-order valence-corrected chi connectivity index (χ2v) is 12.6. The summed E-state index contributed by atoms with van der Waals surface area (Å²) in [6, 6.07) is 18.8. The van der Waals surface area contributed by atoms with Gasteiger partial charge in [-0.1, -0.05) is 12.1 Å². The average Bonchev–Trinajstić information content (AvgIpc) is 3.03. The first-order chi connectivity index (χ1) is 21.9. The lowest BCUT2D eigenvalue weighted by Gasteiger charge is -2.38. The first-order valence-electron chi connectivity index (χ1n) is 15.7. The molecular formula is C37H38N2O6. The van der Waals surface area contributed by atoms with Gasteiger partial charge in [-0.05, 0) is 110 Å². The monoisotopic (exact) mass is 606 g/mol. The molecule has 0 radical (unpaired) electrons. The predicted molar refractivity (Wildman–Crippen MR) is 171 cm³/mol. The molecule has 0 fully saturated rings. The minimum Gasteiger partial charge on any atom is -0.507 e. The molecule has 2 unspecified atom stereocenters. The van der Waals surface area contributed by atoms with Gasteiger partial charge in [0.1, 0.15) is 11.5 Å². The summed E-state index contributed by atoms with van der Waals surface area (Å²) in [6.07, 6.45) is 3.28. The zero-order valence-electron chi connectivity index (χ0n) is 26.2. The fraction of sp³-hybridized carbons (Fsp3) is 0.351. The van der Waals surface area contributed by atoms with Crippen molar-refractivity contribution in [2.75, 3.05) is 48.2 Å². The van der Waals surface area contributed by atoms with E-state index in [0.29, 0.717) is 28.7 Å². The Kier molecular flexibility index (Phi) is 6.80. The van der Waals surface area contributed by atoms with E-state index in [9.17, 15) is 5.11 Å². The van der Waals surface area contributed by atoms with Gasteiger partial charge in [0.25, 0.3) is 0 Å². The van der Waals surface area contributed by atoms with Crippen LogP contribution in [-0.2, 0) is 25.7 Å². The largest absolute Gasteiger partial charge is 0.507 e. The molecule has 4 aromatic rings. The van der Waals surface area contributed by atoms with E-state index in [4.69, 9.17) is 23.7 Å². The molecule has 4 aliphatic rings. The maximum absolute atomic E-state index is 11.2. The van der Waals surface area contributed by atoms with Gasteiger partial charge in [-0.2, -0.15) is 0 Å². The van der Waals surface area contributed by atoms with Crippen LogP contribution in [0, 0.1) is 0 Å². The Balaban J connectivity index is 1.41. The minimum atomic E-state index is 0.00592. The van der Waals surface area contributed by atoms with Crippen molar-refractivity contribution in [3.8, 4) is 51.4 Å². The normalized spacial score (nSPS) is 20.3. The molecule has 2 atom stereocenters. The molecule has 7 bridgehead atoms. The Hall–Kier alpha value is -4.40. The molecule has 0 aromatic heterocycles. The third kappa shape index (κ3) is 4.66. The van der Waals surface area contributed by atoms with Crippen molar-refractivity contribution in [2.24, 2.45) is 0 Å². The Bertz CT molecular complexity index is 1820. The van der Waals surface area contributed by atoms with E-state index in [1.165, 1.54) is 16.7 Å². The van der Waals surface area contributed by atoms with Crippen molar-refractivity contribution in [3.05, 3.63) is 88.0 Å². The molecule has 0 spiro atoms. The highest BCUT2D eigenvalue weighted by atomic mass is 16.7. The molecule has 232 valence electrons. The second-order valence-electron chi connectivity index (χ2n) is 12.6. The number of ether oxygens (including phenoxy) is 5. The fourth-order valence-corrected chi connectivity index (χ4v) is 7.59. The number of fused-ring (bicyclic) bond motifs is 5. The van der Waals surface area contributed by atoms with Gasteiger partial charge in [-0.15, -0.1) is 0 Å². The van der Waals surface area contributed by atoms with E-state index in [-0.39, 0.29) is 24.6 Å². The predicted octanol–water partition coefficient (Wildman–Crippen LogP) is 6.45. The number of phenols is 1. The van der Waals surface area contributed by atoms with Crippen molar-refractivity contribution in [3.63, 3.8) is 0 Å². The summed E-state index contributed by atoms with van der Waals surface area (Å²) in [4.78, 5) is 4.79. The van der Waals surface area contributed by atoms with E-state index in [1.807, 2.05) is 18.2 Å². The van der Waals surface area contributed by atoms with Crippen LogP contribution in [0.15, 0.2) is 54.6 Å². The number of rotatable bonds is 2. The van der Waals surface area contributed by atoms with Crippen LogP contribution in [0.3, 0.4) is 0 Å². The van der Waals surface area contributed by atoms with E-state index in [1.54, 1.807) is 14.2 Å². The highest BCUT2D eigenvalue weighted by Crippen LogP contribution is 2.53. The average molecular weight is 607 g/mol. The number of phenolic OH excluding ortho intramolecular Hbond substituents is 1. The SMILES string of the molecule is COc1ccc2cc1-c1cc(ccc1O)CC1c3cc4c(cc3CCN1C)OCOc1c(OC)cc3c(c1O4)C(C2)N(C)CC3. The van der Waals surface area contributed by atoms with E-state index >= 15 is 0 Å². The van der Waals surface area contributed by atoms with Crippen molar-refractivity contribution < 1.29 is 28.8 Å². The van der Waals surface area contributed by atoms with Gasteiger partial charge in [0, 0.05) is 41.9 Å². The number of hydrogen-bond donors (Lipinski definition) is 1. The zero-order valence-corrected chi connectivity index (χ0v) is 26.2. The van der Waals surface area contributed by atoms with Gasteiger partial charge in [-0.3, -0.25) is 9.80 Å². The van der Waals surface area contributed by atoms with Gasteiger partial charge in [0.05, 0.1) is 14.2 Å². The molecule has 8 nitrogen and oxygen atoms in total. The first-order valence-corrected chi connectivity index (χ1v) is 15.7. The molecule has 0 saturated carbocycles. The number of hydrogen-bond acceptors (Lipinski definition) is 8. The highest BCUT2D eigenvalue weighted by molar-refractivity contribution is 5.77. The van der Waals surface area contributed by atoms with Crippen LogP contribution in [0.2, 0.25) is 0 Å². The number of methoxy groups -OCH3 is 2. The molecule has 1 N–H and O–H groups in total. The van der Waals surface area contributed by atoms with E-state index in [0.717, 1.165) is 72.3 Å². The highest BCUT2D eigenvalue weighted by Gasteiger charge is 2.36. The van der Waals surface area contributed by atoms with Gasteiger partial charge < -0.3 is 28.8 Å². The molecular weight excluding hydrogens is 568 g/mol. The van der Waals surface area contributed by atoms with Crippen LogP contribution in [0.1, 0.15) is 45.5 Å². The summed E-state index contributed by atoms with van der Waals surface area (Å²) in [5.74, 6) is 4.24. The molecule has 0 amide bonds. The Morgan fingerprint density at radius 3 is 2.22 bits per heavy atom. The molecule has 45 heavy (non-hydrogen) atoms. The summed E-state index contributed by atoms with van der Waals surface area (Å²) in [5, 5.41) is 11.2. The van der Waals surface area contributed by atoms with Crippen LogP contribution in [0.25, 0.3) is 11.1 Å². The minimum absolute atomic E-state index is 0.00592. The summed E-state index contributed by atoms with van der Waals surface area (Å²) in [5.41, 5.74) is 8.69. The van der Waals surface area contributed by atoms with Crippen molar-refractivity contribution >= 4 is 0 Å². The van der Waals surface area contributed by atoms with E-state index < -0.39 is 0 Å². The number of likely N-dealkylation sites (N-methyl/N-ethyl adjacent to an activating group) is 2. The Morgan fingerprint density at radius 2 is 1.42 bits per heavy atom. The van der Waals surface area contributed by atoms with Crippen molar-refractivity contribution in [1.82, 2.24) is 9.80 Å². The number of benzene rings is 4. The maximum Gasteiger partial charge on any atom is 0.231 e. The van der Waals surface area contributed by atoms with Crippen LogP contribution < -0.4 is 23.7 Å². The smallest absolute Gasteiger partial charge is 0.231 e. The van der Waals surface area contributed by atoms with Gasteiger partial charge >= 0.3 is 0 Å². The summed E-state index contributed by atoms with van der Waals surface area (Å²) in [7, 11) is 7.70. The van der Waals surface area contributed by atoms with Crippen LogP contribution >= 0.6 is 0 Å². The number of nitrogens with zero attached hydrogens (tertiary/aromatic N) is 2. The Morgan fingerprint density at radius 1 is 0.711 bits per heavy atom. The number of aromatic hydroxyl groups is 1. The van der Waals surface area contributed by atoms with Crippen molar-refractivity contribution in [1.29, 1.82) is 0 Å². The molecule has 4 aromatic carbocycles. The quantitative estimate of drug-likeness (QED) is 0.279. The molecule has 8 heteroatoms. The second kappa shape index (κ2) is 10.9. The van der Waals surface area contributed by atoms with Gasteiger partial charge in [0.15, 0.2) is 23.0 Å². The van der Waals surface area contributed by atoms with Gasteiger partial charge in [-0.25, -0.2) is 0 Å². The lowest BCUT2D eigenvalue weighted by molar-refractivity contribution is 0.101. The zero-order chi connectivity index (χ0) is 30.8. The molecule has 4 aliphatic heterocycles. The van der Waals surface area contributed by atoms with Crippen LogP contribution in [0.4, 0.5) is 0 Å². The molecule has 8 rings (SSSR count). The van der Waals surface area contributed by atoms with Crippen molar-refractivity contribution in [2.45, 2.75) is 37.8 Å².